The molecule has 0 bridgehead atoms. The van der Waals surface area contributed by atoms with Gasteiger partial charge in [0.15, 0.2) is 0 Å². The van der Waals surface area contributed by atoms with E-state index in [4.69, 9.17) is 27.9 Å². The van der Waals surface area contributed by atoms with E-state index in [-0.39, 0.29) is 0 Å². The van der Waals surface area contributed by atoms with Crippen molar-refractivity contribution in [2.45, 2.75) is 38.4 Å². The minimum atomic E-state index is 0.376. The van der Waals surface area contributed by atoms with Crippen LogP contribution < -0.4 is 5.32 Å². The molecule has 1 heterocycles. The van der Waals surface area contributed by atoms with Crippen LogP contribution in [0.15, 0.2) is 18.2 Å². The first-order chi connectivity index (χ1) is 8.65. The van der Waals surface area contributed by atoms with Gasteiger partial charge in [-0.05, 0) is 50.4 Å². The standard InChI is InChI=1S/C14H19Cl2NO/c1-10-2-5-13(18-10)9-17-7-6-11-3-4-12(15)8-14(11)16/h3-4,8,10,13,17H,2,5-7,9H2,1H3. The molecule has 1 aliphatic rings. The van der Waals surface area contributed by atoms with Crippen LogP contribution in [0.1, 0.15) is 25.3 Å². The molecule has 100 valence electrons. The van der Waals surface area contributed by atoms with Gasteiger partial charge in [0.25, 0.3) is 0 Å². The van der Waals surface area contributed by atoms with Crippen molar-refractivity contribution in [3.63, 3.8) is 0 Å². The van der Waals surface area contributed by atoms with Gasteiger partial charge >= 0.3 is 0 Å². The van der Waals surface area contributed by atoms with Crippen molar-refractivity contribution < 1.29 is 4.74 Å². The summed E-state index contributed by atoms with van der Waals surface area (Å²) in [5, 5.41) is 4.85. The van der Waals surface area contributed by atoms with Crippen LogP contribution in [0.5, 0.6) is 0 Å². The molecule has 0 amide bonds. The third-order valence-corrected chi connectivity index (χ3v) is 3.87. The Hall–Kier alpha value is -0.280. The molecule has 1 aromatic carbocycles. The van der Waals surface area contributed by atoms with Crippen LogP contribution in [0.3, 0.4) is 0 Å². The summed E-state index contributed by atoms with van der Waals surface area (Å²) in [4.78, 5) is 0. The van der Waals surface area contributed by atoms with Crippen LogP contribution in [0, 0.1) is 0 Å². The Balaban J connectivity index is 1.69. The molecule has 1 N–H and O–H groups in total. The highest BCUT2D eigenvalue weighted by Gasteiger charge is 2.20. The molecule has 0 aromatic heterocycles. The van der Waals surface area contributed by atoms with Gasteiger partial charge in [0.2, 0.25) is 0 Å². The molecule has 1 aliphatic heterocycles. The molecule has 0 aliphatic carbocycles. The van der Waals surface area contributed by atoms with Crippen LogP contribution in [0.25, 0.3) is 0 Å². The highest BCUT2D eigenvalue weighted by molar-refractivity contribution is 6.35. The van der Waals surface area contributed by atoms with Crippen LogP contribution in [0.4, 0.5) is 0 Å². The van der Waals surface area contributed by atoms with E-state index in [2.05, 4.69) is 12.2 Å². The van der Waals surface area contributed by atoms with E-state index < -0.39 is 0 Å². The lowest BCUT2D eigenvalue weighted by molar-refractivity contribution is 0.0562. The smallest absolute Gasteiger partial charge is 0.0704 e. The zero-order valence-corrected chi connectivity index (χ0v) is 12.1. The Kier molecular flexibility index (Phi) is 5.31. The molecule has 2 atom stereocenters. The molecule has 2 unspecified atom stereocenters. The lowest BCUT2D eigenvalue weighted by atomic mass is 10.1. The maximum absolute atomic E-state index is 6.12. The summed E-state index contributed by atoms with van der Waals surface area (Å²) in [6.07, 6.45) is 4.05. The van der Waals surface area contributed by atoms with Crippen molar-refractivity contribution in [3.05, 3.63) is 33.8 Å². The fourth-order valence-electron chi connectivity index (χ4n) is 2.25. The maximum atomic E-state index is 6.12. The van der Waals surface area contributed by atoms with E-state index in [1.54, 1.807) is 6.07 Å². The minimum absolute atomic E-state index is 0.376. The summed E-state index contributed by atoms with van der Waals surface area (Å²) in [6, 6.07) is 5.66. The predicted molar refractivity (Wildman–Crippen MR) is 76.6 cm³/mol. The van der Waals surface area contributed by atoms with Gasteiger partial charge in [-0.1, -0.05) is 29.3 Å². The second kappa shape index (κ2) is 6.76. The second-order valence-corrected chi connectivity index (χ2v) is 5.68. The molecule has 18 heavy (non-hydrogen) atoms. The maximum Gasteiger partial charge on any atom is 0.0704 e. The van der Waals surface area contributed by atoms with Gasteiger partial charge in [0.05, 0.1) is 12.2 Å². The average Bonchev–Trinajstić information content (AvgIpc) is 2.73. The summed E-state index contributed by atoms with van der Waals surface area (Å²) in [6.45, 7) is 3.97. The first-order valence-corrected chi connectivity index (χ1v) is 7.21. The Morgan fingerprint density at radius 3 is 2.83 bits per heavy atom. The number of halogens is 2. The summed E-state index contributed by atoms with van der Waals surface area (Å²) in [7, 11) is 0. The third kappa shape index (κ3) is 4.13. The predicted octanol–water partition coefficient (Wildman–Crippen LogP) is 3.69. The van der Waals surface area contributed by atoms with Crippen LogP contribution in [-0.2, 0) is 11.2 Å². The molecule has 0 saturated carbocycles. The Labute approximate surface area is 119 Å². The van der Waals surface area contributed by atoms with Crippen molar-refractivity contribution >= 4 is 23.2 Å². The van der Waals surface area contributed by atoms with Crippen LogP contribution in [0.2, 0.25) is 10.0 Å². The summed E-state index contributed by atoms with van der Waals surface area (Å²) >= 11 is 12.0. The van der Waals surface area contributed by atoms with Gasteiger partial charge in [-0.2, -0.15) is 0 Å². The first kappa shape index (κ1) is 14.1. The highest BCUT2D eigenvalue weighted by Crippen LogP contribution is 2.21. The van der Waals surface area contributed by atoms with E-state index in [1.807, 2.05) is 12.1 Å². The fourth-order valence-corrected chi connectivity index (χ4v) is 2.75. The zero-order chi connectivity index (χ0) is 13.0. The molecular formula is C14H19Cl2NO. The molecule has 1 aromatic rings. The average molecular weight is 288 g/mol. The first-order valence-electron chi connectivity index (χ1n) is 6.45. The number of hydrogen-bond donors (Lipinski definition) is 1. The highest BCUT2D eigenvalue weighted by atomic mass is 35.5. The Morgan fingerprint density at radius 2 is 2.17 bits per heavy atom. The van der Waals surface area contributed by atoms with E-state index in [0.29, 0.717) is 17.2 Å². The van der Waals surface area contributed by atoms with E-state index in [9.17, 15) is 0 Å². The van der Waals surface area contributed by atoms with Crippen LogP contribution >= 0.6 is 23.2 Å². The minimum Gasteiger partial charge on any atom is -0.374 e. The molecule has 0 radical (unpaired) electrons. The van der Waals surface area contributed by atoms with E-state index in [0.717, 1.165) is 36.5 Å². The monoisotopic (exact) mass is 287 g/mol. The number of benzene rings is 1. The van der Waals surface area contributed by atoms with Gasteiger partial charge in [0.1, 0.15) is 0 Å². The SMILES string of the molecule is CC1CCC(CNCCc2ccc(Cl)cc2Cl)O1. The number of nitrogens with one attached hydrogen (secondary N) is 1. The van der Waals surface area contributed by atoms with Gasteiger partial charge < -0.3 is 10.1 Å². The van der Waals surface area contributed by atoms with Gasteiger partial charge in [-0.25, -0.2) is 0 Å². The molecule has 4 heteroatoms. The summed E-state index contributed by atoms with van der Waals surface area (Å²) in [5.74, 6) is 0. The van der Waals surface area contributed by atoms with Crippen molar-refractivity contribution in [3.8, 4) is 0 Å². The number of rotatable bonds is 5. The van der Waals surface area contributed by atoms with Crippen LogP contribution in [-0.4, -0.2) is 25.3 Å². The normalized spacial score (nSPS) is 23.5. The Morgan fingerprint density at radius 1 is 1.33 bits per heavy atom. The lowest BCUT2D eigenvalue weighted by Crippen LogP contribution is -2.28. The number of hydrogen-bond acceptors (Lipinski definition) is 2. The third-order valence-electron chi connectivity index (χ3n) is 3.28. The van der Waals surface area contributed by atoms with Crippen molar-refractivity contribution in [2.24, 2.45) is 0 Å². The van der Waals surface area contributed by atoms with Crippen molar-refractivity contribution in [1.82, 2.24) is 5.32 Å². The molecule has 2 rings (SSSR count). The molecule has 1 fully saturated rings. The van der Waals surface area contributed by atoms with Crippen molar-refractivity contribution in [1.29, 1.82) is 0 Å². The largest absolute Gasteiger partial charge is 0.374 e. The molecule has 1 saturated heterocycles. The van der Waals surface area contributed by atoms with Gasteiger partial charge in [-0.3, -0.25) is 0 Å². The number of ether oxygens (including phenoxy) is 1. The fraction of sp³-hybridized carbons (Fsp3) is 0.571. The summed E-state index contributed by atoms with van der Waals surface area (Å²) < 4.78 is 5.75. The quantitative estimate of drug-likeness (QED) is 0.834. The van der Waals surface area contributed by atoms with E-state index >= 15 is 0 Å². The Bertz CT molecular complexity index is 397. The molecule has 2 nitrogen and oxygen atoms in total. The van der Waals surface area contributed by atoms with E-state index in [1.165, 1.54) is 6.42 Å². The topological polar surface area (TPSA) is 21.3 Å². The summed E-state index contributed by atoms with van der Waals surface area (Å²) in [5.41, 5.74) is 1.13. The van der Waals surface area contributed by atoms with Gasteiger partial charge in [0, 0.05) is 16.6 Å². The van der Waals surface area contributed by atoms with Gasteiger partial charge in [-0.15, -0.1) is 0 Å². The van der Waals surface area contributed by atoms with Crippen molar-refractivity contribution in [2.75, 3.05) is 13.1 Å². The molecular weight excluding hydrogens is 269 g/mol. The molecule has 0 spiro atoms. The zero-order valence-electron chi connectivity index (χ0n) is 10.6. The lowest BCUT2D eigenvalue weighted by Gasteiger charge is -2.12. The second-order valence-electron chi connectivity index (χ2n) is 4.84.